The fraction of sp³-hybridized carbons (Fsp3) is 0.625. The second-order valence-corrected chi connectivity index (χ2v) is 12.6. The molecule has 0 spiro atoms. The Balaban J connectivity index is 3.49. The summed E-state index contributed by atoms with van der Waals surface area (Å²) in [6.45, 7) is 17.6. The van der Waals surface area contributed by atoms with Crippen molar-refractivity contribution in [1.29, 1.82) is 0 Å². The molecule has 236 valence electrons. The minimum Gasteiger partial charge on any atom is -0.463 e. The van der Waals surface area contributed by atoms with Crippen LogP contribution in [0.25, 0.3) is 0 Å². The highest BCUT2D eigenvalue weighted by Gasteiger charge is 2.44. The Labute approximate surface area is 251 Å². The van der Waals surface area contributed by atoms with Crippen LogP contribution in [0, 0.1) is 5.92 Å². The number of aliphatic hydroxyl groups is 1. The number of ether oxygens (including phenoxy) is 2. The number of rotatable bonds is 12. The molecule has 3 amide bonds. The highest BCUT2D eigenvalue weighted by atomic mass is 16.6. The molecule has 10 heteroatoms. The summed E-state index contributed by atoms with van der Waals surface area (Å²) in [5.74, 6) is -1.78. The Hall–Kier alpha value is -3.40. The summed E-state index contributed by atoms with van der Waals surface area (Å²) in [5, 5.41) is 13.4. The first-order valence-electron chi connectivity index (χ1n) is 14.4. The van der Waals surface area contributed by atoms with E-state index < -0.39 is 59.1 Å². The fourth-order valence-electron chi connectivity index (χ4n) is 4.76. The molecule has 0 unspecified atom stereocenters. The van der Waals surface area contributed by atoms with Gasteiger partial charge in [0.15, 0.2) is 0 Å². The van der Waals surface area contributed by atoms with Gasteiger partial charge in [-0.1, -0.05) is 64.1 Å². The minimum atomic E-state index is -1.33. The Kier molecular flexibility index (Phi) is 13.2. The van der Waals surface area contributed by atoms with Crippen molar-refractivity contribution in [2.45, 2.75) is 104 Å². The van der Waals surface area contributed by atoms with Crippen molar-refractivity contribution in [3.05, 3.63) is 47.5 Å². The van der Waals surface area contributed by atoms with Crippen LogP contribution in [-0.4, -0.2) is 89.3 Å². The lowest BCUT2D eigenvalue weighted by molar-refractivity contribution is -0.142. The maximum absolute atomic E-state index is 14.0. The van der Waals surface area contributed by atoms with Crippen LogP contribution in [0.5, 0.6) is 0 Å². The van der Waals surface area contributed by atoms with Gasteiger partial charge < -0.3 is 24.8 Å². The van der Waals surface area contributed by atoms with Gasteiger partial charge in [-0.3, -0.25) is 14.5 Å². The van der Waals surface area contributed by atoms with E-state index in [4.69, 9.17) is 9.47 Å². The third-order valence-electron chi connectivity index (χ3n) is 7.06. The maximum atomic E-state index is 14.0. The van der Waals surface area contributed by atoms with E-state index in [0.717, 1.165) is 5.56 Å². The molecule has 1 aromatic carbocycles. The molecule has 0 saturated heterocycles. The molecule has 0 aliphatic rings. The average molecular weight is 590 g/mol. The van der Waals surface area contributed by atoms with E-state index in [9.17, 15) is 24.3 Å². The lowest BCUT2D eigenvalue weighted by Crippen LogP contribution is -2.62. The van der Waals surface area contributed by atoms with E-state index >= 15 is 0 Å². The molecule has 42 heavy (non-hydrogen) atoms. The van der Waals surface area contributed by atoms with Crippen molar-refractivity contribution < 1.29 is 33.8 Å². The zero-order chi connectivity index (χ0) is 32.6. The molecule has 0 aromatic heterocycles. The molecule has 0 aliphatic carbocycles. The predicted octanol–water partition coefficient (Wildman–Crippen LogP) is 4.06. The molecule has 10 nitrogen and oxygen atoms in total. The number of benzene rings is 1. The maximum Gasteiger partial charge on any atom is 0.410 e. The monoisotopic (exact) mass is 589 g/mol. The standard InChI is InChI=1S/C32H51N3O7/c1-13-41-29(39)21(4)19-24(20(2)3)34(11)28(38)25(22(5)36)33-27(37)26(35(12)30(40)42-31(6,7)8)32(9,10)23-17-15-14-16-18-23/h14-20,22,24-26,36H,13H2,1-12H3,(H,33,37)/b21-19+/t22-,24+,25-,26+/m0/s1. The zero-order valence-electron chi connectivity index (χ0n) is 27.3. The topological polar surface area (TPSA) is 125 Å². The van der Waals surface area contributed by atoms with Gasteiger partial charge in [0.25, 0.3) is 0 Å². The molecule has 0 heterocycles. The van der Waals surface area contributed by atoms with Gasteiger partial charge in [-0.05, 0) is 53.0 Å². The fourth-order valence-corrected chi connectivity index (χ4v) is 4.76. The van der Waals surface area contributed by atoms with E-state index in [1.54, 1.807) is 47.7 Å². The van der Waals surface area contributed by atoms with Crippen LogP contribution in [0.3, 0.4) is 0 Å². The molecule has 0 bridgehead atoms. The molecule has 0 fully saturated rings. The highest BCUT2D eigenvalue weighted by Crippen LogP contribution is 2.31. The van der Waals surface area contributed by atoms with Gasteiger partial charge in [0.05, 0.1) is 18.8 Å². The molecular formula is C32H51N3O7. The number of amides is 3. The van der Waals surface area contributed by atoms with Gasteiger partial charge in [0, 0.05) is 25.1 Å². The lowest BCUT2D eigenvalue weighted by Gasteiger charge is -2.41. The van der Waals surface area contributed by atoms with Crippen LogP contribution in [0.1, 0.15) is 74.8 Å². The van der Waals surface area contributed by atoms with Crippen LogP contribution in [0.15, 0.2) is 42.0 Å². The van der Waals surface area contributed by atoms with Crippen molar-refractivity contribution in [2.24, 2.45) is 5.92 Å². The molecule has 0 radical (unpaired) electrons. The Bertz CT molecular complexity index is 1110. The lowest BCUT2D eigenvalue weighted by atomic mass is 9.76. The number of carbonyl (C=O) groups is 4. The molecule has 1 aromatic rings. The molecule has 4 atom stereocenters. The number of aliphatic hydroxyl groups excluding tert-OH is 1. The van der Waals surface area contributed by atoms with Crippen LogP contribution in [-0.2, 0) is 29.3 Å². The van der Waals surface area contributed by atoms with Crippen LogP contribution in [0.4, 0.5) is 4.79 Å². The van der Waals surface area contributed by atoms with Gasteiger partial charge >= 0.3 is 12.1 Å². The van der Waals surface area contributed by atoms with Crippen LogP contribution < -0.4 is 5.32 Å². The quantitative estimate of drug-likeness (QED) is 0.278. The molecule has 0 aliphatic heterocycles. The highest BCUT2D eigenvalue weighted by molar-refractivity contribution is 5.93. The van der Waals surface area contributed by atoms with Crippen molar-refractivity contribution in [3.63, 3.8) is 0 Å². The normalized spacial score (nSPS) is 15.2. The summed E-state index contributed by atoms with van der Waals surface area (Å²) in [6.07, 6.45) is -0.318. The summed E-state index contributed by atoms with van der Waals surface area (Å²) in [5.41, 5.74) is -0.589. The number of nitrogens with zero attached hydrogens (tertiary/aromatic N) is 2. The SMILES string of the molecule is CCOC(=O)/C(C)=C/[C@H](C(C)C)N(C)C(=O)[C@@H](NC(=O)[C@@H](N(C)C(=O)OC(C)(C)C)C(C)(C)c1ccccc1)[C@H](C)O. The predicted molar refractivity (Wildman–Crippen MR) is 163 cm³/mol. The molecule has 0 saturated carbocycles. The molecule has 1 rings (SSSR count). The summed E-state index contributed by atoms with van der Waals surface area (Å²) in [6, 6.07) is 6.29. The van der Waals surface area contributed by atoms with E-state index in [1.807, 2.05) is 58.0 Å². The number of likely N-dealkylation sites (N-methyl/N-ethyl adjacent to an activating group) is 2. The van der Waals surface area contributed by atoms with E-state index in [2.05, 4.69) is 5.32 Å². The number of hydrogen-bond acceptors (Lipinski definition) is 7. The first-order valence-corrected chi connectivity index (χ1v) is 14.4. The molecular weight excluding hydrogens is 538 g/mol. The Morgan fingerprint density at radius 3 is 1.98 bits per heavy atom. The smallest absolute Gasteiger partial charge is 0.410 e. The van der Waals surface area contributed by atoms with Crippen molar-refractivity contribution in [2.75, 3.05) is 20.7 Å². The van der Waals surface area contributed by atoms with E-state index in [1.165, 1.54) is 23.8 Å². The van der Waals surface area contributed by atoms with Crippen LogP contribution >= 0.6 is 0 Å². The number of nitrogens with one attached hydrogen (secondary N) is 1. The van der Waals surface area contributed by atoms with Crippen molar-refractivity contribution in [1.82, 2.24) is 15.1 Å². The summed E-state index contributed by atoms with van der Waals surface area (Å²) < 4.78 is 10.6. The van der Waals surface area contributed by atoms with Crippen molar-refractivity contribution in [3.8, 4) is 0 Å². The number of esters is 1. The van der Waals surface area contributed by atoms with E-state index in [-0.39, 0.29) is 12.5 Å². The largest absolute Gasteiger partial charge is 0.463 e. The second-order valence-electron chi connectivity index (χ2n) is 12.6. The van der Waals surface area contributed by atoms with Gasteiger partial charge in [0.2, 0.25) is 11.8 Å². The first kappa shape index (κ1) is 36.6. The minimum absolute atomic E-state index is 0.100. The summed E-state index contributed by atoms with van der Waals surface area (Å²) in [7, 11) is 3.04. The Morgan fingerprint density at radius 1 is 0.976 bits per heavy atom. The zero-order valence-corrected chi connectivity index (χ0v) is 27.3. The van der Waals surface area contributed by atoms with Gasteiger partial charge in [0.1, 0.15) is 17.7 Å². The summed E-state index contributed by atoms with van der Waals surface area (Å²) in [4.78, 5) is 55.9. The average Bonchev–Trinajstić information content (AvgIpc) is 2.88. The Morgan fingerprint density at radius 2 is 1.52 bits per heavy atom. The first-order chi connectivity index (χ1) is 19.3. The number of carbonyl (C=O) groups excluding carboxylic acids is 4. The third-order valence-corrected chi connectivity index (χ3v) is 7.06. The van der Waals surface area contributed by atoms with Gasteiger partial charge in [-0.2, -0.15) is 0 Å². The summed E-state index contributed by atoms with van der Waals surface area (Å²) >= 11 is 0. The number of hydrogen-bond donors (Lipinski definition) is 2. The molecule has 2 N–H and O–H groups in total. The van der Waals surface area contributed by atoms with Gasteiger partial charge in [-0.25, -0.2) is 9.59 Å². The van der Waals surface area contributed by atoms with Crippen molar-refractivity contribution >= 4 is 23.9 Å². The third kappa shape index (κ3) is 9.86. The van der Waals surface area contributed by atoms with E-state index in [0.29, 0.717) is 5.57 Å². The van der Waals surface area contributed by atoms with Crippen LogP contribution in [0.2, 0.25) is 0 Å². The van der Waals surface area contributed by atoms with Gasteiger partial charge in [-0.15, -0.1) is 0 Å². The second kappa shape index (κ2) is 15.2.